The smallest absolute Gasteiger partial charge is 0.319 e. The average molecular weight is 418 g/mol. The summed E-state index contributed by atoms with van der Waals surface area (Å²) in [5.74, 6) is 1.62. The van der Waals surface area contributed by atoms with Crippen LogP contribution in [0.2, 0.25) is 0 Å². The van der Waals surface area contributed by atoms with Gasteiger partial charge >= 0.3 is 6.03 Å². The van der Waals surface area contributed by atoms with Gasteiger partial charge in [-0.1, -0.05) is 0 Å². The van der Waals surface area contributed by atoms with Gasteiger partial charge in [-0.25, -0.2) is 4.79 Å². The first-order chi connectivity index (χ1) is 15.2. The third-order valence-electron chi connectivity index (χ3n) is 4.72. The van der Waals surface area contributed by atoms with Gasteiger partial charge in [0.15, 0.2) is 0 Å². The van der Waals surface area contributed by atoms with E-state index in [1.165, 1.54) is 0 Å². The maximum Gasteiger partial charge on any atom is 0.319 e. The molecule has 0 radical (unpaired) electrons. The van der Waals surface area contributed by atoms with Crippen LogP contribution in [0.4, 0.5) is 10.5 Å². The molecule has 0 aliphatic heterocycles. The number of fused-ring (bicyclic) bond motifs is 1. The Morgan fingerprint density at radius 3 is 2.68 bits per heavy atom. The van der Waals surface area contributed by atoms with E-state index in [2.05, 4.69) is 21.7 Å². The number of methoxy groups -OCH3 is 1. The number of nitrogens with zero attached hydrogens (tertiary/aromatic N) is 2. The van der Waals surface area contributed by atoms with Crippen molar-refractivity contribution in [3.63, 3.8) is 0 Å². The molecule has 158 valence electrons. The van der Waals surface area contributed by atoms with E-state index in [1.54, 1.807) is 55.8 Å². The Morgan fingerprint density at radius 1 is 1.16 bits per heavy atom. The Morgan fingerprint density at radius 2 is 1.97 bits per heavy atom. The molecule has 8 heteroatoms. The summed E-state index contributed by atoms with van der Waals surface area (Å²) >= 11 is 0. The van der Waals surface area contributed by atoms with Crippen LogP contribution in [0.5, 0.6) is 17.2 Å². The van der Waals surface area contributed by atoms with Gasteiger partial charge in [0, 0.05) is 36.5 Å². The molecule has 8 nitrogen and oxygen atoms in total. The Hall–Kier alpha value is -3.83. The number of hydrogen-bond donors (Lipinski definition) is 2. The van der Waals surface area contributed by atoms with Gasteiger partial charge in [0.25, 0.3) is 0 Å². The zero-order valence-electron chi connectivity index (χ0n) is 17.1. The Balaban J connectivity index is 1.51. The summed E-state index contributed by atoms with van der Waals surface area (Å²) in [4.78, 5) is 16.2. The SMILES string of the molecule is COCCOc1cc2nccc(Oc3ccc(NC(=O)NC4CC4)cc3)c2cc1C#N. The Kier molecular flexibility index (Phi) is 6.15. The Bertz CT molecular complexity index is 1120. The van der Waals surface area contributed by atoms with Gasteiger partial charge < -0.3 is 24.8 Å². The van der Waals surface area contributed by atoms with Crippen molar-refractivity contribution in [1.82, 2.24) is 10.3 Å². The first kappa shape index (κ1) is 20.4. The van der Waals surface area contributed by atoms with Crippen LogP contribution in [-0.4, -0.2) is 37.4 Å². The molecule has 2 N–H and O–H groups in total. The molecule has 31 heavy (non-hydrogen) atoms. The summed E-state index contributed by atoms with van der Waals surface area (Å²) in [6, 6.07) is 14.5. The van der Waals surface area contributed by atoms with E-state index in [9.17, 15) is 10.1 Å². The summed E-state index contributed by atoms with van der Waals surface area (Å²) in [6.45, 7) is 0.762. The molecule has 1 aliphatic carbocycles. The van der Waals surface area contributed by atoms with Crippen LogP contribution in [0.3, 0.4) is 0 Å². The highest BCUT2D eigenvalue weighted by atomic mass is 16.5. The molecule has 2 aromatic carbocycles. The number of benzene rings is 2. The molecule has 1 aromatic heterocycles. The van der Waals surface area contributed by atoms with Gasteiger partial charge in [-0.2, -0.15) is 5.26 Å². The molecule has 1 aliphatic rings. The van der Waals surface area contributed by atoms with Crippen molar-refractivity contribution < 1.29 is 19.0 Å². The summed E-state index contributed by atoms with van der Waals surface area (Å²) in [7, 11) is 1.59. The first-order valence-corrected chi connectivity index (χ1v) is 9.96. The summed E-state index contributed by atoms with van der Waals surface area (Å²) in [5, 5.41) is 15.9. The lowest BCUT2D eigenvalue weighted by Crippen LogP contribution is -2.30. The van der Waals surface area contributed by atoms with Gasteiger partial charge in [-0.15, -0.1) is 0 Å². The van der Waals surface area contributed by atoms with Crippen LogP contribution in [0, 0.1) is 11.3 Å². The van der Waals surface area contributed by atoms with Crippen molar-refractivity contribution in [3.05, 3.63) is 54.2 Å². The van der Waals surface area contributed by atoms with Crippen molar-refractivity contribution in [1.29, 1.82) is 5.26 Å². The largest absolute Gasteiger partial charge is 0.490 e. The minimum Gasteiger partial charge on any atom is -0.490 e. The highest BCUT2D eigenvalue weighted by Gasteiger charge is 2.23. The van der Waals surface area contributed by atoms with Gasteiger partial charge in [0.05, 0.1) is 17.7 Å². The number of carbonyl (C=O) groups excluding carboxylic acids is 1. The molecule has 4 rings (SSSR count). The zero-order valence-corrected chi connectivity index (χ0v) is 17.1. The maximum atomic E-state index is 11.9. The fourth-order valence-corrected chi connectivity index (χ4v) is 2.99. The lowest BCUT2D eigenvalue weighted by atomic mass is 10.1. The van der Waals surface area contributed by atoms with Crippen LogP contribution in [0.25, 0.3) is 10.9 Å². The van der Waals surface area contributed by atoms with E-state index >= 15 is 0 Å². The summed E-state index contributed by atoms with van der Waals surface area (Å²) in [6.07, 6.45) is 3.71. The van der Waals surface area contributed by atoms with Crippen molar-refractivity contribution in [2.75, 3.05) is 25.6 Å². The minimum atomic E-state index is -0.205. The predicted octanol–water partition coefficient (Wildman–Crippen LogP) is 4.21. The number of ether oxygens (including phenoxy) is 3. The van der Waals surface area contributed by atoms with E-state index < -0.39 is 0 Å². The number of amides is 2. The quantitative estimate of drug-likeness (QED) is 0.531. The van der Waals surface area contributed by atoms with E-state index in [0.29, 0.717) is 58.7 Å². The van der Waals surface area contributed by atoms with E-state index in [1.807, 2.05) is 0 Å². The van der Waals surface area contributed by atoms with Crippen LogP contribution < -0.4 is 20.1 Å². The zero-order chi connectivity index (χ0) is 21.6. The number of anilines is 1. The molecule has 0 spiro atoms. The number of aromatic nitrogens is 1. The second kappa shape index (κ2) is 9.32. The summed E-state index contributed by atoms with van der Waals surface area (Å²) < 4.78 is 16.7. The fraction of sp³-hybridized carbons (Fsp3) is 0.261. The van der Waals surface area contributed by atoms with E-state index in [4.69, 9.17) is 14.2 Å². The van der Waals surface area contributed by atoms with Crippen molar-refractivity contribution >= 4 is 22.6 Å². The molecule has 1 saturated carbocycles. The fourth-order valence-electron chi connectivity index (χ4n) is 2.99. The highest BCUT2D eigenvalue weighted by Crippen LogP contribution is 2.33. The number of hydrogen-bond acceptors (Lipinski definition) is 6. The number of nitrogens with one attached hydrogen (secondary N) is 2. The molecule has 0 unspecified atom stereocenters. The van der Waals surface area contributed by atoms with Crippen molar-refractivity contribution in [2.45, 2.75) is 18.9 Å². The summed E-state index contributed by atoms with van der Waals surface area (Å²) in [5.41, 5.74) is 1.72. The number of carbonyl (C=O) groups is 1. The third-order valence-corrected chi connectivity index (χ3v) is 4.72. The van der Waals surface area contributed by atoms with E-state index in [0.717, 1.165) is 12.8 Å². The molecule has 0 saturated heterocycles. The third kappa shape index (κ3) is 5.21. The second-order valence-corrected chi connectivity index (χ2v) is 7.13. The lowest BCUT2D eigenvalue weighted by Gasteiger charge is -2.12. The predicted molar refractivity (Wildman–Crippen MR) is 116 cm³/mol. The van der Waals surface area contributed by atoms with Crippen LogP contribution in [0.1, 0.15) is 18.4 Å². The molecular formula is C23H22N4O4. The van der Waals surface area contributed by atoms with Crippen LogP contribution in [-0.2, 0) is 4.74 Å². The monoisotopic (exact) mass is 418 g/mol. The molecule has 1 fully saturated rings. The second-order valence-electron chi connectivity index (χ2n) is 7.13. The number of urea groups is 1. The van der Waals surface area contributed by atoms with Gasteiger partial charge in [-0.3, -0.25) is 4.98 Å². The molecule has 0 atom stereocenters. The molecule has 2 amide bonds. The van der Waals surface area contributed by atoms with Gasteiger partial charge in [0.2, 0.25) is 0 Å². The van der Waals surface area contributed by atoms with Crippen molar-refractivity contribution in [3.8, 4) is 23.3 Å². The van der Waals surface area contributed by atoms with Crippen LogP contribution in [0.15, 0.2) is 48.7 Å². The standard InChI is InChI=1S/C23H22N4O4/c1-29-10-11-30-22-13-20-19(12-15(22)14-24)21(8-9-25-20)31-18-6-4-17(5-7-18)27-23(28)26-16-2-3-16/h4-9,12-13,16H,2-3,10-11H2,1H3,(H2,26,27,28). The van der Waals surface area contributed by atoms with Gasteiger partial charge in [0.1, 0.15) is 29.9 Å². The average Bonchev–Trinajstić information content (AvgIpc) is 3.59. The van der Waals surface area contributed by atoms with E-state index in [-0.39, 0.29) is 6.03 Å². The van der Waals surface area contributed by atoms with Crippen LogP contribution >= 0.6 is 0 Å². The van der Waals surface area contributed by atoms with Gasteiger partial charge in [-0.05, 0) is 49.2 Å². The number of nitriles is 1. The number of pyridine rings is 1. The highest BCUT2D eigenvalue weighted by molar-refractivity contribution is 5.90. The number of rotatable bonds is 8. The normalized spacial score (nSPS) is 12.8. The molecule has 1 heterocycles. The topological polar surface area (TPSA) is 106 Å². The first-order valence-electron chi connectivity index (χ1n) is 9.96. The molecule has 3 aromatic rings. The lowest BCUT2D eigenvalue weighted by molar-refractivity contribution is 0.146. The Labute approximate surface area is 179 Å². The van der Waals surface area contributed by atoms with Crippen molar-refractivity contribution in [2.24, 2.45) is 0 Å². The maximum absolute atomic E-state index is 11.9. The molecular weight excluding hydrogens is 396 g/mol. The molecule has 0 bridgehead atoms. The minimum absolute atomic E-state index is 0.205.